The zero-order valence-corrected chi connectivity index (χ0v) is 21.8. The molecule has 1 aliphatic heterocycles. The Morgan fingerprint density at radius 3 is 2.47 bits per heavy atom. The minimum absolute atomic E-state index is 0.128. The molecular formula is C19H23ClN6O10P2. The molecule has 0 radical (unpaired) electrons. The molecule has 0 spiro atoms. The maximum absolute atomic E-state index is 11.9. The number of imidazole rings is 1. The normalized spacial score (nSPS) is 23.4. The summed E-state index contributed by atoms with van der Waals surface area (Å²) >= 11 is 6.09. The summed E-state index contributed by atoms with van der Waals surface area (Å²) < 4.78 is 34.5. The van der Waals surface area contributed by atoms with Gasteiger partial charge in [0.15, 0.2) is 29.1 Å². The van der Waals surface area contributed by atoms with Crippen molar-refractivity contribution >= 4 is 49.7 Å². The molecular weight excluding hydrogens is 570 g/mol. The SMILES string of the molecule is NC(=O)c1ccc(CNc2nc(Cl)nc3c2ncn3[C@@H]2O[C@H](COP(=O)(O)CP(=O)(O)O)C(O)C2O)cc1. The van der Waals surface area contributed by atoms with Crippen molar-refractivity contribution in [2.45, 2.75) is 31.1 Å². The summed E-state index contributed by atoms with van der Waals surface area (Å²) in [6, 6.07) is 6.54. The van der Waals surface area contributed by atoms with Crippen molar-refractivity contribution < 1.29 is 48.1 Å². The van der Waals surface area contributed by atoms with Crippen LogP contribution in [0.3, 0.4) is 0 Å². The molecule has 19 heteroatoms. The molecule has 1 fully saturated rings. The van der Waals surface area contributed by atoms with E-state index in [1.165, 1.54) is 10.9 Å². The number of anilines is 1. The van der Waals surface area contributed by atoms with Crippen LogP contribution in [0, 0.1) is 0 Å². The zero-order chi connectivity index (χ0) is 27.8. The van der Waals surface area contributed by atoms with Crippen LogP contribution in [0.15, 0.2) is 30.6 Å². The first kappa shape index (κ1) is 28.5. The molecule has 3 heterocycles. The van der Waals surface area contributed by atoms with Gasteiger partial charge in [0.1, 0.15) is 18.3 Å². The summed E-state index contributed by atoms with van der Waals surface area (Å²) in [4.78, 5) is 51.2. The molecule has 1 amide bonds. The van der Waals surface area contributed by atoms with Crippen molar-refractivity contribution in [2.24, 2.45) is 5.73 Å². The Morgan fingerprint density at radius 1 is 1.16 bits per heavy atom. The Kier molecular flexibility index (Phi) is 8.21. The van der Waals surface area contributed by atoms with Crippen LogP contribution in [-0.2, 0) is 24.9 Å². The highest BCUT2D eigenvalue weighted by Gasteiger charge is 2.45. The molecule has 3 aromatic rings. The number of nitrogens with two attached hydrogens (primary N) is 1. The molecule has 5 atom stereocenters. The first-order valence-corrected chi connectivity index (χ1v) is 14.7. The quantitative estimate of drug-likeness (QED) is 0.122. The number of halogens is 1. The lowest BCUT2D eigenvalue weighted by Crippen LogP contribution is -2.33. The van der Waals surface area contributed by atoms with Gasteiger partial charge in [0.25, 0.3) is 0 Å². The summed E-state index contributed by atoms with van der Waals surface area (Å²) in [7, 11) is -9.56. The van der Waals surface area contributed by atoms with Gasteiger partial charge in [0, 0.05) is 12.1 Å². The maximum Gasteiger partial charge on any atom is 0.340 e. The third-order valence-electron chi connectivity index (χ3n) is 5.51. The Morgan fingerprint density at radius 2 is 1.84 bits per heavy atom. The van der Waals surface area contributed by atoms with Gasteiger partial charge in [0.2, 0.25) is 11.2 Å². The lowest BCUT2D eigenvalue weighted by atomic mass is 10.1. The van der Waals surface area contributed by atoms with Crippen LogP contribution < -0.4 is 11.1 Å². The number of ether oxygens (including phenoxy) is 1. The number of aliphatic hydroxyl groups excluding tert-OH is 2. The minimum Gasteiger partial charge on any atom is -0.387 e. The van der Waals surface area contributed by atoms with Crippen LogP contribution in [0.5, 0.6) is 0 Å². The van der Waals surface area contributed by atoms with Crippen LogP contribution in [0.4, 0.5) is 5.82 Å². The first-order chi connectivity index (χ1) is 17.7. The molecule has 16 nitrogen and oxygen atoms in total. The molecule has 0 aliphatic carbocycles. The Bertz CT molecular complexity index is 1430. The topological polar surface area (TPSA) is 252 Å². The average molecular weight is 593 g/mol. The summed E-state index contributed by atoms with van der Waals surface area (Å²) in [5.41, 5.74) is 6.76. The molecule has 0 saturated carbocycles. The lowest BCUT2D eigenvalue weighted by molar-refractivity contribution is -0.0483. The third-order valence-corrected chi connectivity index (χ3v) is 9.13. The number of nitrogens with zero attached hydrogens (tertiary/aromatic N) is 4. The Labute approximate surface area is 219 Å². The smallest absolute Gasteiger partial charge is 0.340 e. The van der Waals surface area contributed by atoms with E-state index < -0.39 is 58.1 Å². The number of primary amides is 1. The van der Waals surface area contributed by atoms with E-state index in [2.05, 4.69) is 20.3 Å². The van der Waals surface area contributed by atoms with Crippen LogP contribution in [0.2, 0.25) is 5.28 Å². The standard InChI is InChI=1S/C19H23ClN6O10P2/c20-19-24-16(22-5-9-1-3-10(4-2-9)15(21)29)12-17(25-19)26(7-23-12)18-14(28)13(27)11(36-18)6-35-38(33,34)8-37(30,31)32/h1-4,7,11,13-14,18,27-28H,5-6,8H2,(H2,21,29)(H,33,34)(H,22,24,25)(H2,30,31,32)/t11-,13?,14?,18-/m1/s1. The number of aromatic nitrogens is 4. The number of benzene rings is 1. The number of rotatable bonds is 10. The van der Waals surface area contributed by atoms with E-state index in [0.717, 1.165) is 5.56 Å². The van der Waals surface area contributed by atoms with Gasteiger partial charge in [-0.05, 0) is 29.3 Å². The van der Waals surface area contributed by atoms with E-state index in [9.17, 15) is 29.0 Å². The molecule has 38 heavy (non-hydrogen) atoms. The second-order valence-corrected chi connectivity index (χ2v) is 12.7. The summed E-state index contributed by atoms with van der Waals surface area (Å²) in [5.74, 6) is -1.73. The molecule has 1 saturated heterocycles. The molecule has 0 bridgehead atoms. The van der Waals surface area contributed by atoms with E-state index in [1.54, 1.807) is 24.3 Å². The lowest BCUT2D eigenvalue weighted by Gasteiger charge is -2.18. The van der Waals surface area contributed by atoms with Crippen molar-refractivity contribution in [1.82, 2.24) is 19.5 Å². The maximum atomic E-state index is 11.9. The van der Waals surface area contributed by atoms with Crippen molar-refractivity contribution in [3.05, 3.63) is 47.0 Å². The third kappa shape index (κ3) is 6.55. The molecule has 1 aromatic carbocycles. The predicted molar refractivity (Wildman–Crippen MR) is 131 cm³/mol. The first-order valence-electron chi connectivity index (χ1n) is 10.8. The van der Waals surface area contributed by atoms with Crippen molar-refractivity contribution in [2.75, 3.05) is 17.8 Å². The number of fused-ring (bicyclic) bond motifs is 1. The molecule has 4 rings (SSSR count). The minimum atomic E-state index is -4.85. The van der Waals surface area contributed by atoms with Gasteiger partial charge in [-0.2, -0.15) is 9.97 Å². The molecule has 1 aliphatic rings. The molecule has 2 aromatic heterocycles. The fourth-order valence-electron chi connectivity index (χ4n) is 3.73. The monoisotopic (exact) mass is 592 g/mol. The number of amides is 1. The number of hydrogen-bond donors (Lipinski definition) is 7. The van der Waals surface area contributed by atoms with E-state index >= 15 is 0 Å². The van der Waals surface area contributed by atoms with Crippen LogP contribution >= 0.6 is 26.8 Å². The van der Waals surface area contributed by atoms with Gasteiger partial charge in [0.05, 0.1) is 12.9 Å². The van der Waals surface area contributed by atoms with Gasteiger partial charge >= 0.3 is 15.2 Å². The highest BCUT2D eigenvalue weighted by Crippen LogP contribution is 2.55. The van der Waals surface area contributed by atoms with Gasteiger partial charge in [-0.1, -0.05) is 12.1 Å². The number of carbonyl (C=O) groups is 1. The van der Waals surface area contributed by atoms with E-state index in [4.69, 9.17) is 36.4 Å². The van der Waals surface area contributed by atoms with E-state index in [0.29, 0.717) is 5.56 Å². The summed E-state index contributed by atoms with van der Waals surface area (Å²) in [6.07, 6.45) is -4.50. The predicted octanol–water partition coefficient (Wildman–Crippen LogP) is 0.147. The fourth-order valence-corrected chi connectivity index (χ4v) is 6.47. The highest BCUT2D eigenvalue weighted by molar-refractivity contribution is 7.70. The van der Waals surface area contributed by atoms with Crippen LogP contribution in [0.25, 0.3) is 11.2 Å². The van der Waals surface area contributed by atoms with Gasteiger partial charge in [-0.25, -0.2) is 4.98 Å². The number of hydrogen-bond acceptors (Lipinski definition) is 11. The second-order valence-electron chi connectivity index (χ2n) is 8.37. The molecule has 3 unspecified atom stereocenters. The molecule has 8 N–H and O–H groups in total. The van der Waals surface area contributed by atoms with E-state index in [-0.39, 0.29) is 28.8 Å². The van der Waals surface area contributed by atoms with Crippen LogP contribution in [-0.4, -0.2) is 81.1 Å². The van der Waals surface area contributed by atoms with Crippen molar-refractivity contribution in [3.63, 3.8) is 0 Å². The average Bonchev–Trinajstić information content (AvgIpc) is 3.35. The van der Waals surface area contributed by atoms with E-state index in [1.807, 2.05) is 0 Å². The largest absolute Gasteiger partial charge is 0.387 e. The highest BCUT2D eigenvalue weighted by atomic mass is 35.5. The van der Waals surface area contributed by atoms with Gasteiger partial charge < -0.3 is 45.2 Å². The van der Waals surface area contributed by atoms with Gasteiger partial charge in [-0.15, -0.1) is 0 Å². The Hall–Kier alpha value is -2.49. The van der Waals surface area contributed by atoms with Gasteiger partial charge in [-0.3, -0.25) is 18.5 Å². The molecule has 206 valence electrons. The number of aliphatic hydroxyl groups is 2. The van der Waals surface area contributed by atoms with Crippen molar-refractivity contribution in [3.8, 4) is 0 Å². The summed E-state index contributed by atoms with van der Waals surface area (Å²) in [6.45, 7) is -0.475. The Balaban J connectivity index is 1.51. The summed E-state index contributed by atoms with van der Waals surface area (Å²) in [5, 5.41) is 23.8. The van der Waals surface area contributed by atoms with Crippen molar-refractivity contribution in [1.29, 1.82) is 0 Å². The second kappa shape index (κ2) is 10.9. The fraction of sp³-hybridized carbons (Fsp3) is 0.368. The van der Waals surface area contributed by atoms with Crippen LogP contribution in [0.1, 0.15) is 22.1 Å². The zero-order valence-electron chi connectivity index (χ0n) is 19.2. The number of nitrogens with one attached hydrogen (secondary N) is 1. The number of carbonyl (C=O) groups excluding carboxylic acids is 1.